The normalized spacial score (nSPS) is 25.2. The molecule has 7 heteroatoms. The number of halogens is 2. The number of amides is 1. The fourth-order valence-electron chi connectivity index (χ4n) is 3.76. The van der Waals surface area contributed by atoms with Crippen molar-refractivity contribution in [1.29, 1.82) is 0 Å². The molecule has 1 saturated heterocycles. The van der Waals surface area contributed by atoms with E-state index in [2.05, 4.69) is 11.8 Å². The second kappa shape index (κ2) is 9.09. The minimum absolute atomic E-state index is 0. The molecule has 26 heavy (non-hydrogen) atoms. The van der Waals surface area contributed by atoms with Crippen molar-refractivity contribution in [3.8, 4) is 0 Å². The summed E-state index contributed by atoms with van der Waals surface area (Å²) in [5.74, 6) is -0.422. The zero-order chi connectivity index (χ0) is 18.0. The largest absolute Gasteiger partial charge is 0.333 e. The topological polar surface area (TPSA) is 35.9 Å². The van der Waals surface area contributed by atoms with Crippen LogP contribution in [0.25, 0.3) is 0 Å². The van der Waals surface area contributed by atoms with Gasteiger partial charge in [-0.2, -0.15) is 0 Å². The van der Waals surface area contributed by atoms with E-state index >= 15 is 0 Å². The summed E-state index contributed by atoms with van der Waals surface area (Å²) in [6.07, 6.45) is 5.94. The van der Waals surface area contributed by atoms with Crippen LogP contribution in [-0.2, 0) is 4.79 Å². The van der Waals surface area contributed by atoms with Gasteiger partial charge in [-0.3, -0.25) is 14.7 Å². The lowest BCUT2D eigenvalue weighted by Gasteiger charge is -2.35. The van der Waals surface area contributed by atoms with E-state index in [0.717, 1.165) is 18.0 Å². The van der Waals surface area contributed by atoms with Gasteiger partial charge < -0.3 is 4.90 Å². The van der Waals surface area contributed by atoms with Gasteiger partial charge in [0, 0.05) is 24.9 Å². The van der Waals surface area contributed by atoms with Gasteiger partial charge in [-0.25, -0.2) is 4.39 Å². The second-order valence-electron chi connectivity index (χ2n) is 6.92. The Morgan fingerprint density at radius 2 is 2.00 bits per heavy atom. The standard InChI is InChI=1S/C19H26FN3OS.ClH/c1-13-18(23(14(2)24)17-11-7-8-15(20)12-17)22(3)19(25-13)21-16-9-5-4-6-10-16;/h7-8,11-13,16,18H,4-6,9-10H2,1-3H3;1H. The van der Waals surface area contributed by atoms with E-state index in [1.807, 2.05) is 7.05 Å². The molecular weight excluding hydrogens is 373 g/mol. The number of nitrogens with zero attached hydrogens (tertiary/aromatic N) is 3. The fourth-order valence-corrected chi connectivity index (χ4v) is 5.00. The van der Waals surface area contributed by atoms with Gasteiger partial charge in [-0.05, 0) is 38.0 Å². The van der Waals surface area contributed by atoms with Crippen molar-refractivity contribution in [2.45, 2.75) is 63.4 Å². The summed E-state index contributed by atoms with van der Waals surface area (Å²) in [6, 6.07) is 6.64. The van der Waals surface area contributed by atoms with E-state index in [9.17, 15) is 9.18 Å². The van der Waals surface area contributed by atoms with E-state index in [1.54, 1.807) is 28.8 Å². The zero-order valence-corrected chi connectivity index (χ0v) is 17.2. The van der Waals surface area contributed by atoms with Crippen LogP contribution in [0.15, 0.2) is 29.3 Å². The zero-order valence-electron chi connectivity index (χ0n) is 15.5. The summed E-state index contributed by atoms with van der Waals surface area (Å²) in [7, 11) is 1.98. The average molecular weight is 400 g/mol. The van der Waals surface area contributed by atoms with Crippen LogP contribution in [0.1, 0.15) is 46.0 Å². The number of aliphatic imine (C=N–C) groups is 1. The molecule has 4 nitrogen and oxygen atoms in total. The Balaban J connectivity index is 0.00000243. The summed E-state index contributed by atoms with van der Waals surface area (Å²) in [4.78, 5) is 21.1. The Bertz CT molecular complexity index is 666. The van der Waals surface area contributed by atoms with Gasteiger partial charge in [0.25, 0.3) is 0 Å². The first-order valence-electron chi connectivity index (χ1n) is 9.00. The van der Waals surface area contributed by atoms with Crippen molar-refractivity contribution in [3.05, 3.63) is 30.1 Å². The quantitative estimate of drug-likeness (QED) is 0.740. The molecule has 1 heterocycles. The lowest BCUT2D eigenvalue weighted by atomic mass is 9.96. The summed E-state index contributed by atoms with van der Waals surface area (Å²) in [5.41, 5.74) is 0.593. The molecule has 1 saturated carbocycles. The third kappa shape index (κ3) is 4.52. The number of carbonyl (C=O) groups excluding carboxylic acids is 1. The van der Waals surface area contributed by atoms with Gasteiger partial charge in [0.05, 0.1) is 6.04 Å². The highest BCUT2D eigenvalue weighted by atomic mass is 35.5. The van der Waals surface area contributed by atoms with E-state index < -0.39 is 0 Å². The second-order valence-corrected chi connectivity index (χ2v) is 8.26. The SMILES string of the molecule is CC(=O)N(c1cccc(F)c1)C1C(C)SC(=NC2CCCCC2)N1C.Cl. The molecule has 0 aromatic heterocycles. The molecule has 2 atom stereocenters. The molecule has 0 radical (unpaired) electrons. The number of benzene rings is 1. The molecule has 0 spiro atoms. The van der Waals surface area contributed by atoms with E-state index in [-0.39, 0.29) is 35.5 Å². The number of rotatable bonds is 3. The summed E-state index contributed by atoms with van der Waals surface area (Å²) in [6.45, 7) is 3.64. The Hall–Kier alpha value is -1.27. The first kappa shape index (κ1) is 21.0. The van der Waals surface area contributed by atoms with Crippen LogP contribution in [0.3, 0.4) is 0 Å². The van der Waals surface area contributed by atoms with Crippen LogP contribution >= 0.6 is 24.2 Å². The van der Waals surface area contributed by atoms with Gasteiger partial charge in [0.2, 0.25) is 5.91 Å². The highest BCUT2D eigenvalue weighted by Crippen LogP contribution is 2.36. The maximum Gasteiger partial charge on any atom is 0.225 e. The van der Waals surface area contributed by atoms with Crippen molar-refractivity contribution in [2.24, 2.45) is 4.99 Å². The average Bonchev–Trinajstić information content (AvgIpc) is 2.84. The molecule has 1 aliphatic carbocycles. The molecular formula is C19H27ClFN3OS. The molecule has 1 amide bonds. The Morgan fingerprint density at radius 3 is 2.62 bits per heavy atom. The van der Waals surface area contributed by atoms with Gasteiger partial charge in [0.15, 0.2) is 5.17 Å². The maximum atomic E-state index is 13.7. The van der Waals surface area contributed by atoms with Crippen molar-refractivity contribution in [3.63, 3.8) is 0 Å². The Morgan fingerprint density at radius 1 is 1.31 bits per heavy atom. The number of hydrogen-bond acceptors (Lipinski definition) is 3. The van der Waals surface area contributed by atoms with Gasteiger partial charge in [-0.15, -0.1) is 12.4 Å². The summed E-state index contributed by atoms with van der Waals surface area (Å²) in [5, 5.41) is 1.16. The molecule has 1 aliphatic heterocycles. The van der Waals surface area contributed by atoms with E-state index in [0.29, 0.717) is 11.7 Å². The lowest BCUT2D eigenvalue weighted by Crippen LogP contribution is -2.50. The monoisotopic (exact) mass is 399 g/mol. The van der Waals surface area contributed by atoms with Crippen LogP contribution < -0.4 is 4.90 Å². The number of thioether (sulfide) groups is 1. The number of hydrogen-bond donors (Lipinski definition) is 0. The van der Waals surface area contributed by atoms with Gasteiger partial charge in [0.1, 0.15) is 12.0 Å². The Kier molecular flexibility index (Phi) is 7.35. The molecule has 2 aliphatic rings. The van der Waals surface area contributed by atoms with Crippen LogP contribution in [0.2, 0.25) is 0 Å². The van der Waals surface area contributed by atoms with E-state index in [1.165, 1.54) is 38.3 Å². The van der Waals surface area contributed by atoms with Crippen molar-refractivity contribution < 1.29 is 9.18 Å². The minimum atomic E-state index is -0.333. The van der Waals surface area contributed by atoms with Crippen LogP contribution in [0.5, 0.6) is 0 Å². The van der Waals surface area contributed by atoms with Gasteiger partial charge in [-0.1, -0.05) is 37.1 Å². The highest BCUT2D eigenvalue weighted by molar-refractivity contribution is 8.14. The molecule has 3 rings (SSSR count). The molecule has 0 bridgehead atoms. The molecule has 1 aromatic carbocycles. The minimum Gasteiger partial charge on any atom is -0.333 e. The first-order valence-corrected chi connectivity index (χ1v) is 9.88. The van der Waals surface area contributed by atoms with E-state index in [4.69, 9.17) is 4.99 Å². The number of amidine groups is 1. The third-order valence-corrected chi connectivity index (χ3v) is 6.19. The number of carbonyl (C=O) groups is 1. The van der Waals surface area contributed by atoms with Crippen molar-refractivity contribution >= 4 is 40.9 Å². The summed E-state index contributed by atoms with van der Waals surface area (Å²) < 4.78 is 13.7. The highest BCUT2D eigenvalue weighted by Gasteiger charge is 2.40. The van der Waals surface area contributed by atoms with Gasteiger partial charge >= 0.3 is 0 Å². The third-order valence-electron chi connectivity index (χ3n) is 4.97. The predicted octanol–water partition coefficient (Wildman–Crippen LogP) is 4.68. The van der Waals surface area contributed by atoms with Crippen LogP contribution in [0, 0.1) is 5.82 Å². The molecule has 2 fully saturated rings. The predicted molar refractivity (Wildman–Crippen MR) is 110 cm³/mol. The van der Waals surface area contributed by atoms with Crippen LogP contribution in [-0.4, -0.2) is 40.5 Å². The Labute approximate surface area is 165 Å². The molecule has 2 unspecified atom stereocenters. The smallest absolute Gasteiger partial charge is 0.225 e. The van der Waals surface area contributed by atoms with Crippen molar-refractivity contribution in [1.82, 2.24) is 4.90 Å². The van der Waals surface area contributed by atoms with Crippen LogP contribution in [0.4, 0.5) is 10.1 Å². The number of anilines is 1. The fraction of sp³-hybridized carbons (Fsp3) is 0.579. The molecule has 1 aromatic rings. The maximum absolute atomic E-state index is 13.7. The molecule has 144 valence electrons. The lowest BCUT2D eigenvalue weighted by molar-refractivity contribution is -0.117. The van der Waals surface area contributed by atoms with Crippen molar-refractivity contribution in [2.75, 3.05) is 11.9 Å². The first-order chi connectivity index (χ1) is 12.0. The molecule has 0 N–H and O–H groups in total. The summed E-state index contributed by atoms with van der Waals surface area (Å²) >= 11 is 1.71.